The van der Waals surface area contributed by atoms with Crippen LogP contribution < -0.4 is 11.3 Å². The topological polar surface area (TPSA) is 60.0 Å². The van der Waals surface area contributed by atoms with Crippen molar-refractivity contribution in [3.8, 4) is 0 Å². The first-order valence-electron chi connectivity index (χ1n) is 5.84. The number of carbonyl (C=O) groups excluding carboxylic acids is 1. The second-order valence-corrected chi connectivity index (χ2v) is 4.37. The highest BCUT2D eigenvalue weighted by atomic mass is 16.2. The second-order valence-electron chi connectivity index (χ2n) is 4.37. The Morgan fingerprint density at radius 3 is 2.17 bits per heavy atom. The number of aryl methyl sites for hydroxylation is 2. The fourth-order valence-corrected chi connectivity index (χ4v) is 1.98. The van der Waals surface area contributed by atoms with Gasteiger partial charge in [0, 0.05) is 23.5 Å². The Labute approximate surface area is 106 Å². The molecule has 94 valence electrons. The van der Waals surface area contributed by atoms with Gasteiger partial charge in [-0.25, -0.2) is 5.84 Å². The molecule has 3 N–H and O–H groups in total. The van der Waals surface area contributed by atoms with Crippen LogP contribution in [0.4, 0.5) is 0 Å². The van der Waals surface area contributed by atoms with Gasteiger partial charge in [0.05, 0.1) is 0 Å². The number of rotatable bonds is 3. The van der Waals surface area contributed by atoms with Crippen LogP contribution in [0.5, 0.6) is 0 Å². The van der Waals surface area contributed by atoms with E-state index in [4.69, 9.17) is 5.84 Å². The molecule has 1 aromatic heterocycles. The Balaban J connectivity index is 2.18. The third-order valence-corrected chi connectivity index (χ3v) is 3.11. The predicted molar refractivity (Wildman–Crippen MR) is 71.1 cm³/mol. The molecule has 2 aromatic rings. The van der Waals surface area contributed by atoms with E-state index in [9.17, 15) is 4.79 Å². The molecule has 18 heavy (non-hydrogen) atoms. The molecular weight excluding hydrogens is 226 g/mol. The largest absolute Gasteiger partial charge is 0.345 e. The van der Waals surface area contributed by atoms with Crippen molar-refractivity contribution in [2.45, 2.75) is 20.4 Å². The molecule has 4 heteroatoms. The van der Waals surface area contributed by atoms with Crippen molar-refractivity contribution >= 4 is 5.91 Å². The molecule has 0 atom stereocenters. The monoisotopic (exact) mass is 243 g/mol. The smallest absolute Gasteiger partial charge is 0.265 e. The number of nitrogens with zero attached hydrogens (tertiary/aromatic N) is 1. The van der Waals surface area contributed by atoms with Crippen molar-refractivity contribution in [1.82, 2.24) is 9.99 Å². The van der Waals surface area contributed by atoms with E-state index < -0.39 is 0 Å². The Morgan fingerprint density at radius 2 is 1.67 bits per heavy atom. The highest BCUT2D eigenvalue weighted by Gasteiger charge is 2.05. The molecule has 0 radical (unpaired) electrons. The van der Waals surface area contributed by atoms with Crippen LogP contribution in [0.25, 0.3) is 0 Å². The lowest BCUT2D eigenvalue weighted by Crippen LogP contribution is -2.29. The van der Waals surface area contributed by atoms with Gasteiger partial charge in [0.15, 0.2) is 0 Å². The fraction of sp³-hybridized carbons (Fsp3) is 0.214. The Morgan fingerprint density at radius 1 is 1.11 bits per heavy atom. The van der Waals surface area contributed by atoms with Gasteiger partial charge < -0.3 is 4.57 Å². The maximum Gasteiger partial charge on any atom is 0.265 e. The zero-order valence-electron chi connectivity index (χ0n) is 10.6. The van der Waals surface area contributed by atoms with Crippen molar-refractivity contribution in [3.63, 3.8) is 0 Å². The normalized spacial score (nSPS) is 10.4. The third kappa shape index (κ3) is 2.43. The molecule has 0 aliphatic rings. The number of hydrogen-bond acceptors (Lipinski definition) is 2. The summed E-state index contributed by atoms with van der Waals surface area (Å²) in [6, 6.07) is 11.7. The number of carbonyl (C=O) groups is 1. The van der Waals surface area contributed by atoms with E-state index in [1.807, 2.05) is 12.1 Å². The number of amides is 1. The molecule has 0 unspecified atom stereocenters. The van der Waals surface area contributed by atoms with E-state index in [2.05, 4.69) is 36.0 Å². The molecule has 1 aromatic carbocycles. The SMILES string of the molecule is Cc1ccc(C)n1Cc1ccc(C(=O)NN)cc1. The van der Waals surface area contributed by atoms with E-state index in [-0.39, 0.29) is 5.91 Å². The predicted octanol–water partition coefficient (Wildman–Crippen LogP) is 1.76. The molecule has 0 aliphatic heterocycles. The van der Waals surface area contributed by atoms with Gasteiger partial charge >= 0.3 is 0 Å². The van der Waals surface area contributed by atoms with Crippen LogP contribution in [-0.2, 0) is 6.54 Å². The number of benzene rings is 1. The van der Waals surface area contributed by atoms with Crippen LogP contribution in [-0.4, -0.2) is 10.5 Å². The van der Waals surface area contributed by atoms with Crippen molar-refractivity contribution in [2.24, 2.45) is 5.84 Å². The third-order valence-electron chi connectivity index (χ3n) is 3.11. The molecule has 0 bridgehead atoms. The summed E-state index contributed by atoms with van der Waals surface area (Å²) in [7, 11) is 0. The highest BCUT2D eigenvalue weighted by molar-refractivity contribution is 5.93. The summed E-state index contributed by atoms with van der Waals surface area (Å²) in [5.41, 5.74) is 6.32. The van der Waals surface area contributed by atoms with Gasteiger partial charge in [-0.05, 0) is 43.7 Å². The zero-order valence-corrected chi connectivity index (χ0v) is 10.6. The second kappa shape index (κ2) is 5.06. The van der Waals surface area contributed by atoms with Gasteiger partial charge in [-0.2, -0.15) is 0 Å². The molecule has 4 nitrogen and oxygen atoms in total. The Bertz CT molecular complexity index is 535. The number of hydrogen-bond donors (Lipinski definition) is 2. The first kappa shape index (κ1) is 12.4. The van der Waals surface area contributed by atoms with Crippen molar-refractivity contribution < 1.29 is 4.79 Å². The molecular formula is C14H17N3O. The van der Waals surface area contributed by atoms with Gasteiger partial charge in [-0.15, -0.1) is 0 Å². The molecule has 0 saturated heterocycles. The minimum Gasteiger partial charge on any atom is -0.345 e. The average Bonchev–Trinajstić information content (AvgIpc) is 2.70. The number of nitrogens with one attached hydrogen (secondary N) is 1. The minimum atomic E-state index is -0.269. The Hall–Kier alpha value is -2.07. The molecule has 2 rings (SSSR count). The first-order chi connectivity index (χ1) is 8.61. The van der Waals surface area contributed by atoms with Crippen LogP contribution >= 0.6 is 0 Å². The van der Waals surface area contributed by atoms with Gasteiger partial charge in [0.1, 0.15) is 0 Å². The summed E-state index contributed by atoms with van der Waals surface area (Å²) < 4.78 is 2.23. The van der Waals surface area contributed by atoms with Crippen molar-refractivity contribution in [1.29, 1.82) is 0 Å². The average molecular weight is 243 g/mol. The lowest BCUT2D eigenvalue weighted by Gasteiger charge is -2.09. The lowest BCUT2D eigenvalue weighted by molar-refractivity contribution is 0.0953. The van der Waals surface area contributed by atoms with Crippen LogP contribution in [0.2, 0.25) is 0 Å². The summed E-state index contributed by atoms with van der Waals surface area (Å²) in [6.07, 6.45) is 0. The number of hydrazine groups is 1. The van der Waals surface area contributed by atoms with Crippen molar-refractivity contribution in [3.05, 3.63) is 58.9 Å². The van der Waals surface area contributed by atoms with Gasteiger partial charge in [0.25, 0.3) is 5.91 Å². The van der Waals surface area contributed by atoms with Gasteiger partial charge in [-0.3, -0.25) is 10.2 Å². The number of nitrogen functional groups attached to an aromatic ring is 1. The maximum atomic E-state index is 11.3. The zero-order chi connectivity index (χ0) is 13.1. The van der Waals surface area contributed by atoms with Crippen molar-refractivity contribution in [2.75, 3.05) is 0 Å². The summed E-state index contributed by atoms with van der Waals surface area (Å²) in [5.74, 6) is 4.82. The van der Waals surface area contributed by atoms with Crippen LogP contribution in [0.1, 0.15) is 27.3 Å². The molecule has 0 spiro atoms. The van der Waals surface area contributed by atoms with E-state index in [0.29, 0.717) is 5.56 Å². The van der Waals surface area contributed by atoms with E-state index in [0.717, 1.165) is 12.1 Å². The molecule has 1 heterocycles. The Kier molecular flexibility index (Phi) is 3.48. The fourth-order valence-electron chi connectivity index (χ4n) is 1.98. The summed E-state index contributed by atoms with van der Waals surface area (Å²) in [4.78, 5) is 11.3. The molecule has 0 fully saturated rings. The van der Waals surface area contributed by atoms with Gasteiger partial charge in [0.2, 0.25) is 0 Å². The van der Waals surface area contributed by atoms with Crippen LogP contribution in [0.3, 0.4) is 0 Å². The quantitative estimate of drug-likeness (QED) is 0.490. The lowest BCUT2D eigenvalue weighted by atomic mass is 10.1. The summed E-state index contributed by atoms with van der Waals surface area (Å²) in [6.45, 7) is 4.99. The van der Waals surface area contributed by atoms with E-state index in [1.54, 1.807) is 12.1 Å². The molecule has 1 amide bonds. The maximum absolute atomic E-state index is 11.3. The summed E-state index contributed by atoms with van der Waals surface area (Å²) >= 11 is 0. The van der Waals surface area contributed by atoms with Crippen LogP contribution in [0.15, 0.2) is 36.4 Å². The molecule has 0 aliphatic carbocycles. The van der Waals surface area contributed by atoms with Crippen LogP contribution in [0, 0.1) is 13.8 Å². The van der Waals surface area contributed by atoms with Gasteiger partial charge in [-0.1, -0.05) is 12.1 Å². The minimum absolute atomic E-state index is 0.269. The van der Waals surface area contributed by atoms with E-state index >= 15 is 0 Å². The first-order valence-corrected chi connectivity index (χ1v) is 5.84. The standard InChI is InChI=1S/C14H17N3O/c1-10-3-4-11(2)17(10)9-12-5-7-13(8-6-12)14(18)16-15/h3-8H,9,15H2,1-2H3,(H,16,18). The highest BCUT2D eigenvalue weighted by Crippen LogP contribution is 2.12. The summed E-state index contributed by atoms with van der Waals surface area (Å²) in [5, 5.41) is 0. The van der Waals surface area contributed by atoms with E-state index in [1.165, 1.54) is 11.4 Å². The number of nitrogens with two attached hydrogens (primary N) is 1. The number of aromatic nitrogens is 1. The molecule has 0 saturated carbocycles.